The highest BCUT2D eigenvalue weighted by Gasteiger charge is 2.22. The lowest BCUT2D eigenvalue weighted by molar-refractivity contribution is -0.569. The first kappa shape index (κ1) is 15.9. The molecule has 4 nitrogen and oxygen atoms in total. The molecule has 0 aliphatic carbocycles. The second-order valence-corrected chi connectivity index (χ2v) is 4.23. The average Bonchev–Trinajstić information content (AvgIpc) is 2.46. The van der Waals surface area contributed by atoms with E-state index in [9.17, 15) is 9.59 Å². The lowest BCUT2D eigenvalue weighted by Crippen LogP contribution is -3.00. The van der Waals surface area contributed by atoms with Crippen LogP contribution in [0.3, 0.4) is 0 Å². The van der Waals surface area contributed by atoms with E-state index in [1.165, 1.54) is 16.4 Å². The zero-order valence-corrected chi connectivity index (χ0v) is 12.0. The minimum atomic E-state index is -0.214. The molecule has 0 bridgehead atoms. The van der Waals surface area contributed by atoms with Crippen molar-refractivity contribution in [1.29, 1.82) is 0 Å². The Bertz CT molecular complexity index is 614. The Morgan fingerprint density at radius 2 is 1.70 bits per heavy atom. The van der Waals surface area contributed by atoms with Crippen molar-refractivity contribution in [3.8, 4) is 0 Å². The van der Waals surface area contributed by atoms with Crippen LogP contribution >= 0.6 is 0 Å². The van der Waals surface area contributed by atoms with Crippen LogP contribution in [0.25, 0.3) is 0 Å². The summed E-state index contributed by atoms with van der Waals surface area (Å²) in [5, 5.41) is 0. The van der Waals surface area contributed by atoms with Gasteiger partial charge in [0.05, 0.1) is 18.8 Å². The number of ketones is 1. The number of hydrogen-bond donors (Lipinski definition) is 0. The van der Waals surface area contributed by atoms with E-state index in [0.717, 1.165) is 5.69 Å². The quantitative estimate of drug-likeness (QED) is 0.541. The number of anilines is 1. The maximum Gasteiger partial charge on any atom is 0.502 e. The van der Waals surface area contributed by atoms with Gasteiger partial charge in [-0.1, -0.05) is 18.2 Å². The molecule has 104 valence electrons. The molecule has 0 saturated carbocycles. The number of rotatable bonds is 2. The van der Waals surface area contributed by atoms with Crippen LogP contribution in [0.4, 0.5) is 10.5 Å². The van der Waals surface area contributed by atoms with Gasteiger partial charge in [-0.2, -0.15) is 14.3 Å². The lowest BCUT2D eigenvalue weighted by atomic mass is 10.2. The Balaban J connectivity index is 0.00000200. The predicted octanol–water partition coefficient (Wildman–Crippen LogP) is -0.715. The topological polar surface area (TPSA) is 41.3 Å². The van der Waals surface area contributed by atoms with E-state index in [1.807, 2.05) is 30.3 Å². The third kappa shape index (κ3) is 3.42. The minimum Gasteiger partial charge on any atom is -1.00 e. The van der Waals surface area contributed by atoms with E-state index in [4.69, 9.17) is 0 Å². The van der Waals surface area contributed by atoms with Gasteiger partial charge in [0.1, 0.15) is 11.9 Å². The summed E-state index contributed by atoms with van der Waals surface area (Å²) in [5.74, 6) is -0.0653. The molecule has 0 radical (unpaired) electrons. The fourth-order valence-electron chi connectivity index (χ4n) is 1.74. The van der Waals surface area contributed by atoms with E-state index in [-0.39, 0.29) is 24.2 Å². The van der Waals surface area contributed by atoms with E-state index < -0.39 is 0 Å². The van der Waals surface area contributed by atoms with Gasteiger partial charge in [-0.3, -0.25) is 4.79 Å². The first-order valence-electron chi connectivity index (χ1n) is 5.95. The molecule has 2 rings (SSSR count). The summed E-state index contributed by atoms with van der Waals surface area (Å²) in [6.07, 6.45) is 3.18. The first-order chi connectivity index (χ1) is 9.09. The fraction of sp³-hybridized carbons (Fsp3) is 0.133. The third-order valence-corrected chi connectivity index (χ3v) is 2.86. The summed E-state index contributed by atoms with van der Waals surface area (Å²) in [6.45, 7) is 1.48. The van der Waals surface area contributed by atoms with Crippen LogP contribution in [-0.4, -0.2) is 18.9 Å². The Morgan fingerprint density at radius 3 is 2.30 bits per heavy atom. The summed E-state index contributed by atoms with van der Waals surface area (Å²) in [4.78, 5) is 25.2. The van der Waals surface area contributed by atoms with E-state index in [2.05, 4.69) is 0 Å². The molecule has 0 aliphatic heterocycles. The van der Waals surface area contributed by atoms with Gasteiger partial charge in [-0.05, 0) is 31.2 Å². The molecule has 20 heavy (non-hydrogen) atoms. The number of hydrogen-bond acceptors (Lipinski definition) is 2. The highest BCUT2D eigenvalue weighted by molar-refractivity contribution is 5.93. The summed E-state index contributed by atoms with van der Waals surface area (Å²) in [7, 11) is 1.70. The molecule has 0 spiro atoms. The third-order valence-electron chi connectivity index (χ3n) is 2.86. The van der Waals surface area contributed by atoms with Gasteiger partial charge in [0.2, 0.25) is 0 Å². The molecule has 0 saturated heterocycles. The Hall–Kier alpha value is -2.20. The summed E-state index contributed by atoms with van der Waals surface area (Å²) >= 11 is 0. The van der Waals surface area contributed by atoms with Crippen LogP contribution in [-0.2, 0) is 0 Å². The van der Waals surface area contributed by atoms with Crippen LogP contribution in [0.5, 0.6) is 0 Å². The van der Waals surface area contributed by atoms with Crippen LogP contribution in [0.15, 0.2) is 54.9 Å². The van der Waals surface area contributed by atoms with Gasteiger partial charge in [0.15, 0.2) is 5.78 Å². The number of carbonyl (C=O) groups is 2. The maximum absolute atomic E-state index is 12.3. The molecule has 1 heterocycles. The second kappa shape index (κ2) is 6.82. The number of pyridine rings is 1. The molecular weight excluding hydrogens is 276 g/mol. The molecule has 0 aliphatic rings. The molecule has 1 aromatic carbocycles. The SMILES string of the molecule is CC(=O)c1ccc[n+](C(=O)N(C)c2ccccc2)c1.[Cl-]. The van der Waals surface area contributed by atoms with Crippen molar-refractivity contribution in [2.45, 2.75) is 6.92 Å². The van der Waals surface area contributed by atoms with Crippen LogP contribution in [0.1, 0.15) is 17.3 Å². The van der Waals surface area contributed by atoms with Crippen LogP contribution in [0, 0.1) is 0 Å². The molecule has 1 amide bonds. The lowest BCUT2D eigenvalue weighted by Gasteiger charge is -2.09. The van der Waals surface area contributed by atoms with Crippen molar-refractivity contribution in [1.82, 2.24) is 0 Å². The van der Waals surface area contributed by atoms with Crippen LogP contribution < -0.4 is 21.9 Å². The number of para-hydroxylation sites is 1. The number of carbonyl (C=O) groups excluding carboxylic acids is 2. The number of nitrogens with zero attached hydrogens (tertiary/aromatic N) is 2. The van der Waals surface area contributed by atoms with Crippen molar-refractivity contribution in [3.05, 3.63) is 60.4 Å². The molecule has 5 heteroatoms. The minimum absolute atomic E-state index is 0. The summed E-state index contributed by atoms with van der Waals surface area (Å²) < 4.78 is 1.41. The Labute approximate surface area is 124 Å². The fourth-order valence-corrected chi connectivity index (χ4v) is 1.74. The van der Waals surface area contributed by atoms with Crippen molar-refractivity contribution in [2.24, 2.45) is 0 Å². The molecule has 0 fully saturated rings. The van der Waals surface area contributed by atoms with Gasteiger partial charge in [-0.15, -0.1) is 0 Å². The molecular formula is C15H15ClN2O2. The molecule has 1 aromatic heterocycles. The molecule has 0 N–H and O–H groups in total. The van der Waals surface area contributed by atoms with Gasteiger partial charge >= 0.3 is 6.03 Å². The van der Waals surface area contributed by atoms with Gasteiger partial charge in [0.25, 0.3) is 0 Å². The highest BCUT2D eigenvalue weighted by atomic mass is 35.5. The average molecular weight is 291 g/mol. The number of Topliss-reactive ketones (excluding diaryl/α,β-unsaturated/α-hetero) is 1. The normalized spacial score (nSPS) is 9.50. The van der Waals surface area contributed by atoms with Crippen molar-refractivity contribution < 1.29 is 26.6 Å². The number of halogens is 1. The van der Waals surface area contributed by atoms with Gasteiger partial charge < -0.3 is 12.4 Å². The van der Waals surface area contributed by atoms with E-state index in [1.54, 1.807) is 31.6 Å². The van der Waals surface area contributed by atoms with Gasteiger partial charge in [-0.25, -0.2) is 0 Å². The molecule has 0 unspecified atom stereocenters. The summed E-state index contributed by atoms with van der Waals surface area (Å²) in [6, 6.07) is 12.5. The number of benzene rings is 1. The summed E-state index contributed by atoms with van der Waals surface area (Å²) in [5.41, 5.74) is 1.31. The molecule has 0 atom stereocenters. The first-order valence-corrected chi connectivity index (χ1v) is 5.95. The smallest absolute Gasteiger partial charge is 0.502 e. The van der Waals surface area contributed by atoms with Crippen molar-refractivity contribution in [3.63, 3.8) is 0 Å². The van der Waals surface area contributed by atoms with Crippen molar-refractivity contribution >= 4 is 17.5 Å². The van der Waals surface area contributed by atoms with Gasteiger partial charge in [0, 0.05) is 0 Å². The van der Waals surface area contributed by atoms with E-state index in [0.29, 0.717) is 5.56 Å². The van der Waals surface area contributed by atoms with Crippen molar-refractivity contribution in [2.75, 3.05) is 11.9 Å². The number of amides is 1. The standard InChI is InChI=1S/C15H15N2O2.ClH/c1-12(18)13-7-6-10-17(11-13)15(19)16(2)14-8-4-3-5-9-14;/h3-11H,1-2H3;1H/q+1;/p-1. The predicted molar refractivity (Wildman–Crippen MR) is 72.3 cm³/mol. The number of aromatic nitrogens is 1. The largest absolute Gasteiger partial charge is 1.00 e. The Kier molecular flexibility index (Phi) is 5.41. The maximum atomic E-state index is 12.3. The van der Waals surface area contributed by atoms with E-state index >= 15 is 0 Å². The zero-order valence-electron chi connectivity index (χ0n) is 11.3. The second-order valence-electron chi connectivity index (χ2n) is 4.23. The monoisotopic (exact) mass is 290 g/mol. The zero-order chi connectivity index (χ0) is 13.8. The van der Waals surface area contributed by atoms with Crippen LogP contribution in [0.2, 0.25) is 0 Å². The Morgan fingerprint density at radius 1 is 1.05 bits per heavy atom. The molecule has 2 aromatic rings. The highest BCUT2D eigenvalue weighted by Crippen LogP contribution is 2.10.